The number of hydrogen-bond acceptors (Lipinski definition) is 7. The van der Waals surface area contributed by atoms with E-state index in [4.69, 9.17) is 29.0 Å². The van der Waals surface area contributed by atoms with E-state index in [1.165, 1.54) is 40.6 Å². The third-order valence-electron chi connectivity index (χ3n) is 17.3. The van der Waals surface area contributed by atoms with Gasteiger partial charge in [0.15, 0.2) is 5.82 Å². The highest BCUT2D eigenvalue weighted by atomic mass is 35.5. The van der Waals surface area contributed by atoms with Gasteiger partial charge in [0.05, 0.1) is 10.5 Å². The third-order valence-corrected chi connectivity index (χ3v) is 17.7. The monoisotopic (exact) mass is 965 g/mol. The van der Waals surface area contributed by atoms with Crippen LogP contribution in [-0.4, -0.2) is 70.9 Å². The fourth-order valence-corrected chi connectivity index (χ4v) is 13.6. The SMILES string of the molecule is C=C1CCN(c2nn(C)c3c(C4CCN(C5CCN(C(=C)C6CCC(NCC7(c8ccccc8)Cc8cc(F)c(Cl)c(-c9c(C(=C)N)ccc(CC)c9F)c8C7C)CC6)CC5)CC4)cccc23)C(=C)N1. The first kappa shape index (κ1) is 48.2. The molecule has 1 aromatic heterocycles. The Hall–Kier alpha value is -5.42. The van der Waals surface area contributed by atoms with Crippen molar-refractivity contribution in [3.63, 3.8) is 0 Å². The van der Waals surface area contributed by atoms with Crippen LogP contribution in [-0.2, 0) is 25.3 Å². The van der Waals surface area contributed by atoms with E-state index in [0.29, 0.717) is 60.0 Å². The first-order valence-electron chi connectivity index (χ1n) is 25.9. The van der Waals surface area contributed by atoms with Crippen LogP contribution in [0.25, 0.3) is 27.7 Å². The molecule has 0 spiro atoms. The second-order valence-electron chi connectivity index (χ2n) is 21.1. The van der Waals surface area contributed by atoms with Crippen LogP contribution in [0.1, 0.15) is 117 Å². The number of nitrogens with zero attached hydrogens (tertiary/aromatic N) is 5. The molecule has 3 saturated heterocycles. The lowest BCUT2D eigenvalue weighted by Crippen LogP contribution is -2.48. The van der Waals surface area contributed by atoms with Crippen LogP contribution in [0.2, 0.25) is 5.02 Å². The zero-order valence-electron chi connectivity index (χ0n) is 41.5. The van der Waals surface area contributed by atoms with Crippen LogP contribution in [0.3, 0.4) is 0 Å². The van der Waals surface area contributed by atoms with E-state index in [9.17, 15) is 0 Å². The summed E-state index contributed by atoms with van der Waals surface area (Å²) in [5.41, 5.74) is 15.6. The number of hydrogen-bond donors (Lipinski definition) is 3. The largest absolute Gasteiger partial charge is 0.399 e. The molecule has 10 rings (SSSR count). The van der Waals surface area contributed by atoms with Gasteiger partial charge < -0.3 is 31.1 Å². The zero-order valence-corrected chi connectivity index (χ0v) is 42.3. The molecule has 4 N–H and O–H groups in total. The van der Waals surface area contributed by atoms with Crippen molar-refractivity contribution in [2.24, 2.45) is 18.7 Å². The molecule has 2 unspecified atom stereocenters. The van der Waals surface area contributed by atoms with E-state index < -0.39 is 17.0 Å². The summed E-state index contributed by atoms with van der Waals surface area (Å²) >= 11 is 6.92. The van der Waals surface area contributed by atoms with Gasteiger partial charge in [-0.25, -0.2) is 8.78 Å². The number of fused-ring (bicyclic) bond motifs is 2. The summed E-state index contributed by atoms with van der Waals surface area (Å²) in [6.07, 6.45) is 11.0. The van der Waals surface area contributed by atoms with Gasteiger partial charge in [-0.3, -0.25) is 4.68 Å². The van der Waals surface area contributed by atoms with Gasteiger partial charge in [0, 0.05) is 96.3 Å². The number of halogens is 3. The Morgan fingerprint density at radius 2 is 1.63 bits per heavy atom. The Morgan fingerprint density at radius 3 is 2.31 bits per heavy atom. The van der Waals surface area contributed by atoms with Gasteiger partial charge in [0.1, 0.15) is 17.5 Å². The van der Waals surface area contributed by atoms with E-state index in [-0.39, 0.29) is 22.2 Å². The molecule has 2 aliphatic carbocycles. The predicted octanol–water partition coefficient (Wildman–Crippen LogP) is 12.1. The smallest absolute Gasteiger partial charge is 0.164 e. The molecule has 5 aliphatic rings. The Kier molecular flexibility index (Phi) is 13.5. The van der Waals surface area contributed by atoms with Crippen LogP contribution < -0.4 is 21.3 Å². The standard InChI is InChI=1S/C59H71ClF2N8/c1-8-41-19-22-48(38(4)63)53(56(41)62)54-52-37(3)59(45-13-10-9-11-14-45,34-44(52)33-51(61)55(54)60)35-64-46-20-17-42(18-21-46)39(5)68-30-26-47(27-31-68)69-28-24-43(25-29-69)49-15-12-16-50-57(49)67(7)66-58(50)70-32-23-36(2)65-40(70)6/h9-16,19,22,33,37,42-43,46-47,64-65H,2,4-6,8,17-18,20-21,23-32,34-35,63H2,1,3,7H3. The first-order chi connectivity index (χ1) is 33.8. The number of benzene rings is 4. The molecule has 0 amide bonds. The van der Waals surface area contributed by atoms with E-state index in [0.717, 1.165) is 106 Å². The minimum absolute atomic E-state index is 0.0732. The third kappa shape index (κ3) is 8.66. The van der Waals surface area contributed by atoms with Crippen molar-refractivity contribution < 1.29 is 8.78 Å². The number of allylic oxidation sites excluding steroid dienone is 1. The van der Waals surface area contributed by atoms with Gasteiger partial charge in [-0.2, -0.15) is 5.10 Å². The molecule has 2 atom stereocenters. The van der Waals surface area contributed by atoms with E-state index in [1.54, 1.807) is 18.2 Å². The lowest BCUT2D eigenvalue weighted by Gasteiger charge is -2.44. The molecule has 5 aromatic rings. The molecule has 0 radical (unpaired) electrons. The van der Waals surface area contributed by atoms with Crippen molar-refractivity contribution in [2.45, 2.75) is 114 Å². The molecule has 0 bridgehead atoms. The molecule has 3 aliphatic heterocycles. The van der Waals surface area contributed by atoms with Gasteiger partial charge in [0.25, 0.3) is 0 Å². The van der Waals surface area contributed by atoms with Gasteiger partial charge in [0.2, 0.25) is 0 Å². The van der Waals surface area contributed by atoms with Crippen molar-refractivity contribution in [1.29, 1.82) is 0 Å². The number of para-hydroxylation sites is 1. The summed E-state index contributed by atoms with van der Waals surface area (Å²) in [5.74, 6) is 1.73. The van der Waals surface area contributed by atoms with Crippen LogP contribution in [0, 0.1) is 17.6 Å². The number of anilines is 1. The highest BCUT2D eigenvalue weighted by molar-refractivity contribution is 6.34. The number of aromatic nitrogens is 2. The molecule has 4 fully saturated rings. The fourth-order valence-electron chi connectivity index (χ4n) is 13.3. The average molecular weight is 966 g/mol. The highest BCUT2D eigenvalue weighted by Gasteiger charge is 2.48. The van der Waals surface area contributed by atoms with E-state index >= 15 is 8.78 Å². The van der Waals surface area contributed by atoms with Crippen molar-refractivity contribution in [2.75, 3.05) is 44.2 Å². The van der Waals surface area contributed by atoms with Crippen molar-refractivity contribution in [3.05, 3.63) is 160 Å². The Balaban J connectivity index is 0.755. The van der Waals surface area contributed by atoms with Gasteiger partial charge in [-0.15, -0.1) is 0 Å². The van der Waals surface area contributed by atoms with Crippen molar-refractivity contribution in [1.82, 2.24) is 30.2 Å². The minimum atomic E-state index is -0.548. The second-order valence-corrected chi connectivity index (χ2v) is 21.5. The summed E-state index contributed by atoms with van der Waals surface area (Å²) in [4.78, 5) is 7.56. The lowest BCUT2D eigenvalue weighted by atomic mass is 9.70. The number of aryl methyl sites for hydroxylation is 2. The second kappa shape index (κ2) is 19.6. The molecule has 4 aromatic carbocycles. The van der Waals surface area contributed by atoms with Crippen LogP contribution in [0.5, 0.6) is 0 Å². The Morgan fingerprint density at radius 1 is 0.900 bits per heavy atom. The maximum atomic E-state index is 16.5. The number of nitrogens with two attached hydrogens (primary N) is 1. The van der Waals surface area contributed by atoms with Gasteiger partial charge >= 0.3 is 0 Å². The van der Waals surface area contributed by atoms with Crippen molar-refractivity contribution in [3.8, 4) is 11.1 Å². The highest BCUT2D eigenvalue weighted by Crippen LogP contribution is 2.55. The Labute approximate surface area is 419 Å². The molecule has 11 heteroatoms. The van der Waals surface area contributed by atoms with Crippen LogP contribution in [0.4, 0.5) is 14.6 Å². The molecule has 4 heterocycles. The summed E-state index contributed by atoms with van der Waals surface area (Å²) in [6, 6.07) is 23.4. The maximum Gasteiger partial charge on any atom is 0.164 e. The minimum Gasteiger partial charge on any atom is -0.399 e. The Bertz CT molecular complexity index is 2830. The average Bonchev–Trinajstić information content (AvgIpc) is 3.86. The topological polar surface area (TPSA) is 77.6 Å². The summed E-state index contributed by atoms with van der Waals surface area (Å²) in [5, 5.41) is 13.5. The van der Waals surface area contributed by atoms with Crippen LogP contribution >= 0.6 is 11.6 Å². The maximum absolute atomic E-state index is 16.5. The van der Waals surface area contributed by atoms with E-state index in [2.05, 4.69) is 106 Å². The lowest BCUT2D eigenvalue weighted by molar-refractivity contribution is 0.0930. The molecule has 70 heavy (non-hydrogen) atoms. The zero-order chi connectivity index (χ0) is 49.0. The number of piperidine rings is 2. The van der Waals surface area contributed by atoms with E-state index in [1.807, 2.05) is 13.0 Å². The summed E-state index contributed by atoms with van der Waals surface area (Å²) in [7, 11) is 2.08. The van der Waals surface area contributed by atoms with Gasteiger partial charge in [-0.05, 0) is 135 Å². The van der Waals surface area contributed by atoms with Gasteiger partial charge in [-0.1, -0.05) is 106 Å². The summed E-state index contributed by atoms with van der Waals surface area (Å²) < 4.78 is 34.6. The first-order valence-corrected chi connectivity index (χ1v) is 26.3. The van der Waals surface area contributed by atoms with Crippen LogP contribution in [0.15, 0.2) is 110 Å². The molecular weight excluding hydrogens is 894 g/mol. The normalized spacial score (nSPS) is 23.8. The molecule has 8 nitrogen and oxygen atoms in total. The predicted molar refractivity (Wildman–Crippen MR) is 285 cm³/mol. The number of rotatable bonds is 12. The number of nitrogens with one attached hydrogen (secondary N) is 2. The fraction of sp³-hybridized carbons (Fsp3) is 0.441. The molecule has 368 valence electrons. The molecule has 1 saturated carbocycles. The quantitative estimate of drug-likeness (QED) is 0.115. The summed E-state index contributed by atoms with van der Waals surface area (Å²) in [6.45, 7) is 27.1. The van der Waals surface area contributed by atoms with Crippen molar-refractivity contribution >= 4 is 34.0 Å². The molecular formula is C59H71ClF2N8. The number of likely N-dealkylation sites (tertiary alicyclic amines) is 2.